The molecule has 42 heavy (non-hydrogen) atoms. The second-order valence-corrected chi connectivity index (χ2v) is 11.7. The summed E-state index contributed by atoms with van der Waals surface area (Å²) in [6.07, 6.45) is 0.495. The second-order valence-electron chi connectivity index (χ2n) is 10.00. The number of aryl methyl sites for hydroxylation is 1. The molecule has 2 atom stereocenters. The van der Waals surface area contributed by atoms with Crippen LogP contribution in [-0.4, -0.2) is 83.9 Å². The standard InChI is InChI=1S/C22H24ClF2N5OS.C4H6O6/c1-14-16(12-30(28-14)20-15(10-26)3-2-6-27-20)11-29-7-4-21(5-8-29)19-17(9-18(23)32-19)22(24,25)13-31-21;5-1(3(7)8)2(6)4(9)10/h2-3,6,9,12H,4-5,7-8,10-11,13,26H2,1H3;1-2,5-6H,(H,7,8)(H,9,10)/t;1-,2-/m.1/s1. The number of rotatable bonds is 7. The van der Waals surface area contributed by atoms with E-state index in [1.54, 1.807) is 10.9 Å². The van der Waals surface area contributed by atoms with Gasteiger partial charge in [-0.1, -0.05) is 17.7 Å². The number of aliphatic hydroxyl groups excluding tert-OH is 2. The lowest BCUT2D eigenvalue weighted by Crippen LogP contribution is -2.48. The van der Waals surface area contributed by atoms with Crippen LogP contribution in [0.2, 0.25) is 4.34 Å². The molecule has 1 fully saturated rings. The van der Waals surface area contributed by atoms with Crippen LogP contribution < -0.4 is 5.73 Å². The molecule has 1 spiro atoms. The number of hydrogen-bond acceptors (Lipinski definition) is 10. The molecule has 12 nitrogen and oxygen atoms in total. The molecular formula is C26H30ClF2N5O7S. The first kappa shape index (κ1) is 31.9. The quantitative estimate of drug-likeness (QED) is 0.258. The Morgan fingerprint density at radius 1 is 1.19 bits per heavy atom. The van der Waals surface area contributed by atoms with Crippen LogP contribution in [0.3, 0.4) is 0 Å². The minimum absolute atomic E-state index is 0.0374. The van der Waals surface area contributed by atoms with Crippen molar-refractivity contribution in [1.82, 2.24) is 19.7 Å². The molecule has 0 bridgehead atoms. The van der Waals surface area contributed by atoms with Gasteiger partial charge in [-0.15, -0.1) is 11.3 Å². The van der Waals surface area contributed by atoms with Crippen LogP contribution >= 0.6 is 22.9 Å². The number of carbonyl (C=O) groups is 2. The average molecular weight is 630 g/mol. The topological polar surface area (TPSA) is 184 Å². The molecule has 16 heteroatoms. The van der Waals surface area contributed by atoms with Crippen molar-refractivity contribution in [2.45, 2.75) is 56.6 Å². The number of nitrogens with two attached hydrogens (primary N) is 1. The van der Waals surface area contributed by atoms with Gasteiger partial charge in [-0.3, -0.25) is 4.90 Å². The zero-order valence-corrected chi connectivity index (χ0v) is 24.0. The van der Waals surface area contributed by atoms with Gasteiger partial charge >= 0.3 is 11.9 Å². The van der Waals surface area contributed by atoms with Gasteiger partial charge in [0.1, 0.15) is 12.2 Å². The number of fused-ring (bicyclic) bond motifs is 2. The van der Waals surface area contributed by atoms with Crippen molar-refractivity contribution in [3.63, 3.8) is 0 Å². The molecule has 2 aliphatic heterocycles. The minimum Gasteiger partial charge on any atom is -0.479 e. The molecule has 0 saturated carbocycles. The molecule has 0 aliphatic carbocycles. The molecule has 5 heterocycles. The van der Waals surface area contributed by atoms with Crippen LogP contribution in [-0.2, 0) is 38.9 Å². The normalized spacial score (nSPS) is 18.9. The third kappa shape index (κ3) is 6.62. The number of thiophene rings is 1. The number of aliphatic hydroxyl groups is 2. The SMILES string of the molecule is Cc1nn(-c2ncccc2CN)cc1CN1CCC2(CC1)OCC(F)(F)c1cc(Cl)sc12.O=C(O)[C@H](O)[C@@H](O)C(=O)O. The number of aromatic nitrogens is 3. The maximum Gasteiger partial charge on any atom is 0.335 e. The van der Waals surface area contributed by atoms with Crippen LogP contribution in [0.5, 0.6) is 0 Å². The largest absolute Gasteiger partial charge is 0.479 e. The van der Waals surface area contributed by atoms with Crippen LogP contribution in [0, 0.1) is 6.92 Å². The molecule has 0 aromatic carbocycles. The number of halogens is 3. The van der Waals surface area contributed by atoms with Gasteiger partial charge in [0, 0.05) is 60.1 Å². The zero-order valence-electron chi connectivity index (χ0n) is 22.4. The van der Waals surface area contributed by atoms with Gasteiger partial charge < -0.3 is 30.9 Å². The Hall–Kier alpha value is -3.05. The molecule has 2 aliphatic rings. The van der Waals surface area contributed by atoms with E-state index in [-0.39, 0.29) is 5.56 Å². The Morgan fingerprint density at radius 3 is 2.43 bits per heavy atom. The van der Waals surface area contributed by atoms with Crippen molar-refractivity contribution >= 4 is 34.9 Å². The summed E-state index contributed by atoms with van der Waals surface area (Å²) in [6, 6.07) is 5.22. The lowest BCUT2D eigenvalue weighted by Gasteiger charge is -2.45. The molecule has 0 amide bonds. The number of likely N-dealkylation sites (tertiary alicyclic amines) is 1. The number of ether oxygens (including phenoxy) is 1. The van der Waals surface area contributed by atoms with Crippen molar-refractivity contribution in [1.29, 1.82) is 0 Å². The van der Waals surface area contributed by atoms with E-state index in [9.17, 15) is 18.4 Å². The summed E-state index contributed by atoms with van der Waals surface area (Å²) in [6.45, 7) is 3.98. The number of pyridine rings is 1. The molecule has 228 valence electrons. The molecule has 3 aromatic heterocycles. The summed E-state index contributed by atoms with van der Waals surface area (Å²) in [5, 5.41) is 37.2. The van der Waals surface area contributed by atoms with Crippen LogP contribution in [0.1, 0.15) is 40.1 Å². The van der Waals surface area contributed by atoms with Crippen molar-refractivity contribution in [2.24, 2.45) is 5.73 Å². The highest BCUT2D eigenvalue weighted by atomic mass is 35.5. The minimum atomic E-state index is -2.99. The number of hydrogen-bond donors (Lipinski definition) is 5. The van der Waals surface area contributed by atoms with E-state index in [4.69, 9.17) is 42.5 Å². The smallest absolute Gasteiger partial charge is 0.335 e. The van der Waals surface area contributed by atoms with E-state index in [2.05, 4.69) is 15.0 Å². The maximum atomic E-state index is 14.3. The van der Waals surface area contributed by atoms with E-state index in [1.807, 2.05) is 25.3 Å². The summed E-state index contributed by atoms with van der Waals surface area (Å²) in [5.74, 6) is -5.79. The third-order valence-corrected chi connectivity index (χ3v) is 8.66. The first-order chi connectivity index (χ1) is 19.8. The Labute approximate surface area is 247 Å². The molecule has 6 N–H and O–H groups in total. The van der Waals surface area contributed by atoms with Gasteiger partial charge in [-0.25, -0.2) is 19.3 Å². The number of nitrogens with zero attached hydrogens (tertiary/aromatic N) is 4. The van der Waals surface area contributed by atoms with E-state index in [1.165, 1.54) is 17.4 Å². The van der Waals surface area contributed by atoms with Crippen molar-refractivity contribution in [3.05, 3.63) is 62.2 Å². The number of aliphatic carboxylic acids is 2. The Balaban J connectivity index is 0.000000349. The zero-order chi connectivity index (χ0) is 30.8. The lowest BCUT2D eigenvalue weighted by molar-refractivity contribution is -0.182. The number of carboxylic acid groups (broad SMARTS) is 2. The fourth-order valence-corrected chi connectivity index (χ4v) is 6.33. The highest BCUT2D eigenvalue weighted by Gasteiger charge is 2.51. The van der Waals surface area contributed by atoms with Gasteiger partial charge in [-0.2, -0.15) is 13.9 Å². The number of piperidine rings is 1. The molecule has 3 aromatic rings. The number of alkyl halides is 2. The molecule has 0 radical (unpaired) electrons. The monoisotopic (exact) mass is 629 g/mol. The molecular weight excluding hydrogens is 600 g/mol. The van der Waals surface area contributed by atoms with Gasteiger partial charge in [0.15, 0.2) is 18.0 Å². The first-order valence-electron chi connectivity index (χ1n) is 12.8. The summed E-state index contributed by atoms with van der Waals surface area (Å²) in [5.41, 5.74) is 8.17. The fraction of sp³-hybridized carbons (Fsp3) is 0.462. The highest BCUT2D eigenvalue weighted by Crippen LogP contribution is 2.52. The van der Waals surface area contributed by atoms with Gasteiger partial charge in [0.05, 0.1) is 10.0 Å². The van der Waals surface area contributed by atoms with Gasteiger partial charge in [0.25, 0.3) is 5.92 Å². The van der Waals surface area contributed by atoms with E-state index >= 15 is 0 Å². The Bertz CT molecular complexity index is 1430. The van der Waals surface area contributed by atoms with Crippen LogP contribution in [0.25, 0.3) is 5.82 Å². The molecule has 1 saturated heterocycles. The van der Waals surface area contributed by atoms with E-state index in [0.717, 1.165) is 42.3 Å². The molecule has 5 rings (SSSR count). The fourth-order valence-electron chi connectivity index (χ4n) is 4.85. The third-order valence-electron chi connectivity index (χ3n) is 7.21. The summed E-state index contributed by atoms with van der Waals surface area (Å²) >= 11 is 7.33. The average Bonchev–Trinajstić information content (AvgIpc) is 3.55. The first-order valence-corrected chi connectivity index (χ1v) is 14.0. The second kappa shape index (κ2) is 12.7. The van der Waals surface area contributed by atoms with E-state index < -0.39 is 42.3 Å². The highest BCUT2D eigenvalue weighted by molar-refractivity contribution is 7.16. The molecule has 0 unspecified atom stereocenters. The predicted molar refractivity (Wildman–Crippen MR) is 147 cm³/mol. The van der Waals surface area contributed by atoms with E-state index in [0.29, 0.717) is 28.6 Å². The van der Waals surface area contributed by atoms with Crippen molar-refractivity contribution in [3.8, 4) is 5.82 Å². The Kier molecular flexibility index (Phi) is 9.62. The number of carboxylic acids is 2. The van der Waals surface area contributed by atoms with Gasteiger partial charge in [0.2, 0.25) is 0 Å². The maximum absolute atomic E-state index is 14.3. The summed E-state index contributed by atoms with van der Waals surface area (Å²) in [7, 11) is 0. The summed E-state index contributed by atoms with van der Waals surface area (Å²) < 4.78 is 36.7. The van der Waals surface area contributed by atoms with Crippen molar-refractivity contribution < 1.29 is 43.5 Å². The van der Waals surface area contributed by atoms with Crippen molar-refractivity contribution in [2.75, 3.05) is 19.7 Å². The van der Waals surface area contributed by atoms with Crippen LogP contribution in [0.4, 0.5) is 8.78 Å². The summed E-state index contributed by atoms with van der Waals surface area (Å²) in [4.78, 5) is 26.9. The Morgan fingerprint density at radius 2 is 1.83 bits per heavy atom. The lowest BCUT2D eigenvalue weighted by atomic mass is 9.84. The van der Waals surface area contributed by atoms with Crippen LogP contribution in [0.15, 0.2) is 30.6 Å². The predicted octanol–water partition coefficient (Wildman–Crippen LogP) is 2.24. The van der Waals surface area contributed by atoms with Gasteiger partial charge in [-0.05, 0) is 31.9 Å².